The molecule has 0 radical (unpaired) electrons. The fourth-order valence-corrected chi connectivity index (χ4v) is 4.78. The Labute approximate surface area is 215 Å². The van der Waals surface area contributed by atoms with Crippen molar-refractivity contribution >= 4 is 29.4 Å². The lowest BCUT2D eigenvalue weighted by molar-refractivity contribution is -0.137. The predicted octanol–water partition coefficient (Wildman–Crippen LogP) is 6.81. The van der Waals surface area contributed by atoms with E-state index in [0.717, 1.165) is 54.8 Å². The number of alkyl halides is 3. The molecule has 9 heteroatoms. The molecule has 0 aliphatic heterocycles. The van der Waals surface area contributed by atoms with Crippen LogP contribution in [0.15, 0.2) is 53.4 Å². The van der Waals surface area contributed by atoms with Gasteiger partial charge >= 0.3 is 6.18 Å². The molecular weight excluding hydrogens is 487 g/mol. The number of carbonyl (C=O) groups excluding carboxylic acids is 2. The molecule has 0 aromatic heterocycles. The van der Waals surface area contributed by atoms with Crippen LogP contribution in [0.2, 0.25) is 0 Å². The van der Waals surface area contributed by atoms with Crippen LogP contribution in [0.1, 0.15) is 75.2 Å². The van der Waals surface area contributed by atoms with E-state index in [1.165, 1.54) is 18.4 Å². The summed E-state index contributed by atoms with van der Waals surface area (Å²) in [6, 6.07) is 10.6. The van der Waals surface area contributed by atoms with Crippen molar-refractivity contribution in [1.82, 2.24) is 10.0 Å². The monoisotopic (exact) mass is 521 g/mol. The topological polar surface area (TPSA) is 70.2 Å². The highest BCUT2D eigenvalue weighted by Crippen LogP contribution is 2.30. The summed E-state index contributed by atoms with van der Waals surface area (Å²) in [5.74, 6) is -0.599. The number of halogens is 3. The van der Waals surface area contributed by atoms with Crippen LogP contribution in [0.3, 0.4) is 0 Å². The molecule has 1 aliphatic rings. The van der Waals surface area contributed by atoms with Crippen molar-refractivity contribution in [1.29, 1.82) is 0 Å². The van der Waals surface area contributed by atoms with Gasteiger partial charge in [-0.25, -0.2) is 0 Å². The summed E-state index contributed by atoms with van der Waals surface area (Å²) in [5, 5.41) is 5.65. The summed E-state index contributed by atoms with van der Waals surface area (Å²) in [5.41, 5.74) is -0.181. The van der Waals surface area contributed by atoms with Crippen molar-refractivity contribution in [3.8, 4) is 0 Å². The van der Waals surface area contributed by atoms with Crippen LogP contribution in [-0.2, 0) is 11.0 Å². The van der Waals surface area contributed by atoms with Crippen LogP contribution in [0.25, 0.3) is 0 Å². The van der Waals surface area contributed by atoms with Crippen LogP contribution in [0, 0.1) is 5.92 Å². The Hall–Kier alpha value is -2.52. The van der Waals surface area contributed by atoms with Crippen molar-refractivity contribution in [2.24, 2.45) is 5.92 Å². The maximum absolute atomic E-state index is 13.2. The maximum atomic E-state index is 13.2. The van der Waals surface area contributed by atoms with Gasteiger partial charge < -0.3 is 10.6 Å². The molecule has 1 aliphatic carbocycles. The molecule has 3 N–H and O–H groups in total. The van der Waals surface area contributed by atoms with Gasteiger partial charge in [0.2, 0.25) is 5.91 Å². The number of hydrogen-bond acceptors (Lipinski definition) is 4. The first-order valence-corrected chi connectivity index (χ1v) is 13.1. The first kappa shape index (κ1) is 28.1. The Balaban J connectivity index is 1.68. The average molecular weight is 522 g/mol. The quantitative estimate of drug-likeness (QED) is 0.334. The van der Waals surface area contributed by atoms with Gasteiger partial charge in [-0.3, -0.25) is 14.3 Å². The van der Waals surface area contributed by atoms with E-state index in [-0.39, 0.29) is 17.0 Å². The van der Waals surface area contributed by atoms with Gasteiger partial charge in [0.25, 0.3) is 5.91 Å². The van der Waals surface area contributed by atoms with Crippen LogP contribution in [-0.4, -0.2) is 23.4 Å². The smallest absolute Gasteiger partial charge is 0.340 e. The molecule has 2 amide bonds. The lowest BCUT2D eigenvalue weighted by Gasteiger charge is -2.26. The number of benzene rings is 2. The summed E-state index contributed by atoms with van der Waals surface area (Å²) in [7, 11) is 0. The molecular formula is C27H34F3N3O2S. The molecule has 0 bridgehead atoms. The molecule has 2 aromatic carbocycles. The summed E-state index contributed by atoms with van der Waals surface area (Å²) in [4.78, 5) is 27.0. The van der Waals surface area contributed by atoms with E-state index in [9.17, 15) is 22.8 Å². The number of hydrogen-bond donors (Lipinski definition) is 3. The lowest BCUT2D eigenvalue weighted by atomic mass is 9.84. The fraction of sp³-hybridized carbons (Fsp3) is 0.481. The van der Waals surface area contributed by atoms with Gasteiger partial charge in [-0.15, -0.1) is 0 Å². The minimum absolute atomic E-state index is 0.0465. The normalized spacial score (nSPS) is 15.8. The van der Waals surface area contributed by atoms with E-state index < -0.39 is 23.7 Å². The highest BCUT2D eigenvalue weighted by molar-refractivity contribution is 7.97. The van der Waals surface area contributed by atoms with E-state index in [0.29, 0.717) is 18.0 Å². The molecule has 5 nitrogen and oxygen atoms in total. The van der Waals surface area contributed by atoms with Gasteiger partial charge in [-0.2, -0.15) is 13.2 Å². The lowest BCUT2D eigenvalue weighted by Crippen LogP contribution is -2.45. The molecule has 1 fully saturated rings. The Kier molecular flexibility index (Phi) is 9.47. The van der Waals surface area contributed by atoms with Crippen molar-refractivity contribution < 1.29 is 22.8 Å². The SMILES string of the molecule is CC(C)(C)NSc1ccc(NC(=O)[C@H](CC2CCCCC2)NC(=O)c2ccc(C(F)(F)F)cc2)cc1. The molecule has 36 heavy (non-hydrogen) atoms. The highest BCUT2D eigenvalue weighted by Gasteiger charge is 2.31. The van der Waals surface area contributed by atoms with E-state index in [1.54, 1.807) is 12.1 Å². The second kappa shape index (κ2) is 12.1. The second-order valence-corrected chi connectivity index (χ2v) is 11.2. The van der Waals surface area contributed by atoms with Gasteiger partial charge in [0.15, 0.2) is 0 Å². The number of carbonyl (C=O) groups is 2. The summed E-state index contributed by atoms with van der Waals surface area (Å²) >= 11 is 1.50. The van der Waals surface area contributed by atoms with Crippen LogP contribution in [0.4, 0.5) is 18.9 Å². The molecule has 0 spiro atoms. The van der Waals surface area contributed by atoms with Crippen LogP contribution < -0.4 is 15.4 Å². The van der Waals surface area contributed by atoms with Gasteiger partial charge in [0, 0.05) is 21.7 Å². The minimum atomic E-state index is -4.48. The maximum Gasteiger partial charge on any atom is 0.416 e. The zero-order valence-corrected chi connectivity index (χ0v) is 21.7. The third-order valence-electron chi connectivity index (χ3n) is 5.99. The van der Waals surface area contributed by atoms with Gasteiger partial charge in [0.1, 0.15) is 6.04 Å². The molecule has 0 heterocycles. The Bertz CT molecular complexity index is 1010. The number of amides is 2. The van der Waals surface area contributed by atoms with E-state index in [4.69, 9.17) is 0 Å². The zero-order chi connectivity index (χ0) is 26.3. The van der Waals surface area contributed by atoms with Crippen molar-refractivity contribution in [3.63, 3.8) is 0 Å². The standard InChI is InChI=1S/C27H34F3N3O2S/c1-26(2,3)33-36-22-15-13-21(14-16-22)31-25(35)23(17-18-7-5-4-6-8-18)32-24(34)19-9-11-20(12-10-19)27(28,29)30/h9-16,18,23,33H,4-8,17H2,1-3H3,(H,31,35)(H,32,34)/t23-/m0/s1. The second-order valence-electron chi connectivity index (χ2n) is 10.3. The summed E-state index contributed by atoms with van der Waals surface area (Å²) < 4.78 is 41.9. The third-order valence-corrected chi connectivity index (χ3v) is 7.21. The molecule has 0 saturated heterocycles. The minimum Gasteiger partial charge on any atom is -0.340 e. The van der Waals surface area contributed by atoms with E-state index >= 15 is 0 Å². The average Bonchev–Trinajstić information content (AvgIpc) is 2.83. The van der Waals surface area contributed by atoms with Gasteiger partial charge in [-0.05, 0) is 93.6 Å². The highest BCUT2D eigenvalue weighted by atomic mass is 32.2. The summed E-state index contributed by atoms with van der Waals surface area (Å²) in [6.07, 6.45) is 1.34. The van der Waals surface area contributed by atoms with E-state index in [1.807, 2.05) is 12.1 Å². The van der Waals surface area contributed by atoms with Crippen molar-refractivity contribution in [2.75, 3.05) is 5.32 Å². The number of nitrogens with one attached hydrogen (secondary N) is 3. The van der Waals surface area contributed by atoms with Crippen LogP contribution in [0.5, 0.6) is 0 Å². The summed E-state index contributed by atoms with van der Waals surface area (Å²) in [6.45, 7) is 6.21. The molecule has 1 atom stereocenters. The van der Waals surface area contributed by atoms with Gasteiger partial charge in [0.05, 0.1) is 5.56 Å². The van der Waals surface area contributed by atoms with Crippen molar-refractivity contribution in [3.05, 3.63) is 59.7 Å². The zero-order valence-electron chi connectivity index (χ0n) is 20.9. The fourth-order valence-electron chi connectivity index (χ4n) is 4.09. The molecule has 3 rings (SSSR count). The first-order valence-electron chi connectivity index (χ1n) is 12.2. The molecule has 196 valence electrons. The predicted molar refractivity (Wildman–Crippen MR) is 138 cm³/mol. The van der Waals surface area contributed by atoms with E-state index in [2.05, 4.69) is 36.1 Å². The van der Waals surface area contributed by atoms with Gasteiger partial charge in [-0.1, -0.05) is 32.1 Å². The van der Waals surface area contributed by atoms with Crippen molar-refractivity contribution in [2.45, 2.75) is 81.9 Å². The number of anilines is 1. The molecule has 0 unspecified atom stereocenters. The number of rotatable bonds is 8. The molecule has 2 aromatic rings. The molecule has 1 saturated carbocycles. The third kappa shape index (κ3) is 8.85. The van der Waals surface area contributed by atoms with Crippen LogP contribution >= 0.6 is 11.9 Å². The largest absolute Gasteiger partial charge is 0.416 e. The Morgan fingerprint density at radius 3 is 2.11 bits per heavy atom. The Morgan fingerprint density at radius 1 is 0.944 bits per heavy atom. The Morgan fingerprint density at radius 2 is 1.56 bits per heavy atom. The first-order chi connectivity index (χ1) is 16.9.